The van der Waals surface area contributed by atoms with E-state index in [9.17, 15) is 14.4 Å². The first-order valence-corrected chi connectivity index (χ1v) is 13.5. The average molecular weight is 494 g/mol. The number of carbonyl (C=O) groups is 3. The molecule has 3 atom stereocenters. The topological polar surface area (TPSA) is 79.0 Å². The van der Waals surface area contributed by atoms with Crippen molar-refractivity contribution in [2.24, 2.45) is 11.3 Å². The van der Waals surface area contributed by atoms with Crippen LogP contribution in [0.4, 0.5) is 0 Å². The zero-order chi connectivity index (χ0) is 26.9. The van der Waals surface area contributed by atoms with Crippen LogP contribution >= 0.6 is 0 Å². The van der Waals surface area contributed by atoms with Crippen LogP contribution < -0.4 is 5.32 Å². The van der Waals surface area contributed by atoms with Gasteiger partial charge >= 0.3 is 5.97 Å². The molecular weight excluding hydrogens is 442 g/mol. The molecule has 202 valence electrons. The van der Waals surface area contributed by atoms with Crippen LogP contribution in [-0.4, -0.2) is 72.0 Å². The van der Waals surface area contributed by atoms with Crippen molar-refractivity contribution in [2.75, 3.05) is 20.2 Å². The van der Waals surface area contributed by atoms with Gasteiger partial charge in [-0.25, -0.2) is 4.79 Å². The minimum absolute atomic E-state index is 0.0578. The van der Waals surface area contributed by atoms with Crippen LogP contribution in [0.1, 0.15) is 94.4 Å². The monoisotopic (exact) mass is 493 g/mol. The summed E-state index contributed by atoms with van der Waals surface area (Å²) in [6.45, 7) is 19.0. The lowest BCUT2D eigenvalue weighted by Crippen LogP contribution is -2.61. The number of ether oxygens (including phenoxy) is 1. The molecule has 0 bridgehead atoms. The van der Waals surface area contributed by atoms with E-state index >= 15 is 0 Å². The first kappa shape index (κ1) is 31.1. The van der Waals surface area contributed by atoms with Gasteiger partial charge in [-0.3, -0.25) is 14.5 Å². The molecule has 1 heterocycles. The SMILES string of the molecule is CCOC(=O)C(C)=C[C@H](C(C)C)N(C)C(=O)[C@@H](NC(=O)C1CCCCN1C(CC)CC)C(C)(C)C. The van der Waals surface area contributed by atoms with Crippen LogP contribution in [0.3, 0.4) is 0 Å². The van der Waals surface area contributed by atoms with E-state index in [0.717, 1.165) is 38.6 Å². The van der Waals surface area contributed by atoms with Crippen LogP contribution in [0.15, 0.2) is 11.6 Å². The van der Waals surface area contributed by atoms with Crippen molar-refractivity contribution in [3.8, 4) is 0 Å². The Bertz CT molecular complexity index is 737. The van der Waals surface area contributed by atoms with E-state index in [1.807, 2.05) is 34.6 Å². The summed E-state index contributed by atoms with van der Waals surface area (Å²) < 4.78 is 5.12. The molecule has 1 aliphatic rings. The summed E-state index contributed by atoms with van der Waals surface area (Å²) in [5.41, 5.74) is 0.00110. The largest absolute Gasteiger partial charge is 0.463 e. The van der Waals surface area contributed by atoms with E-state index in [2.05, 4.69) is 24.1 Å². The van der Waals surface area contributed by atoms with Gasteiger partial charge in [0.1, 0.15) is 6.04 Å². The molecule has 1 fully saturated rings. The van der Waals surface area contributed by atoms with Crippen molar-refractivity contribution in [2.45, 2.75) is 119 Å². The predicted molar refractivity (Wildman–Crippen MR) is 142 cm³/mol. The second-order valence-corrected chi connectivity index (χ2v) is 11.3. The minimum atomic E-state index is -0.678. The van der Waals surface area contributed by atoms with E-state index in [4.69, 9.17) is 4.74 Å². The van der Waals surface area contributed by atoms with E-state index in [1.165, 1.54) is 0 Å². The van der Waals surface area contributed by atoms with Gasteiger partial charge in [0, 0.05) is 18.7 Å². The fraction of sp³-hybridized carbons (Fsp3) is 0.821. The minimum Gasteiger partial charge on any atom is -0.463 e. The maximum Gasteiger partial charge on any atom is 0.333 e. The van der Waals surface area contributed by atoms with E-state index in [0.29, 0.717) is 18.2 Å². The van der Waals surface area contributed by atoms with Crippen LogP contribution in [-0.2, 0) is 19.1 Å². The molecule has 0 aromatic carbocycles. The number of esters is 1. The Hall–Kier alpha value is -1.89. The summed E-state index contributed by atoms with van der Waals surface area (Å²) in [5, 5.41) is 3.15. The third kappa shape index (κ3) is 8.62. The summed E-state index contributed by atoms with van der Waals surface area (Å²) in [6, 6.07) is -0.810. The van der Waals surface area contributed by atoms with Crippen molar-refractivity contribution in [3.05, 3.63) is 11.6 Å². The Kier molecular flexibility index (Phi) is 12.5. The van der Waals surface area contributed by atoms with Crippen molar-refractivity contribution in [1.82, 2.24) is 15.1 Å². The van der Waals surface area contributed by atoms with E-state index < -0.39 is 11.5 Å². The van der Waals surface area contributed by atoms with E-state index in [1.54, 1.807) is 31.9 Å². The van der Waals surface area contributed by atoms with Gasteiger partial charge < -0.3 is 15.0 Å². The van der Waals surface area contributed by atoms with Crippen molar-refractivity contribution >= 4 is 17.8 Å². The van der Waals surface area contributed by atoms with Crippen molar-refractivity contribution in [3.63, 3.8) is 0 Å². The second-order valence-electron chi connectivity index (χ2n) is 11.3. The van der Waals surface area contributed by atoms with Gasteiger partial charge in [-0.15, -0.1) is 0 Å². The molecule has 1 rings (SSSR count). The number of likely N-dealkylation sites (tertiary alicyclic amines) is 1. The molecule has 1 saturated heterocycles. The van der Waals surface area contributed by atoms with Crippen LogP contribution in [0.2, 0.25) is 0 Å². The summed E-state index contributed by atoms with van der Waals surface area (Å²) in [6.07, 6.45) is 6.76. The maximum absolute atomic E-state index is 13.8. The molecule has 0 aromatic heterocycles. The molecule has 0 spiro atoms. The molecule has 1 N–H and O–H groups in total. The normalized spacial score (nSPS) is 19.4. The number of nitrogens with one attached hydrogen (secondary N) is 1. The Morgan fingerprint density at radius 2 is 1.71 bits per heavy atom. The van der Waals surface area contributed by atoms with Crippen LogP contribution in [0, 0.1) is 11.3 Å². The molecule has 35 heavy (non-hydrogen) atoms. The number of nitrogens with zero attached hydrogens (tertiary/aromatic N) is 2. The molecule has 7 nitrogen and oxygen atoms in total. The molecule has 0 saturated carbocycles. The molecule has 2 amide bonds. The summed E-state index contributed by atoms with van der Waals surface area (Å²) in [5.74, 6) is -0.508. The number of carbonyl (C=O) groups excluding carboxylic acids is 3. The fourth-order valence-electron chi connectivity index (χ4n) is 4.99. The van der Waals surface area contributed by atoms with Gasteiger partial charge in [0.05, 0.1) is 18.7 Å². The number of amides is 2. The summed E-state index contributed by atoms with van der Waals surface area (Å²) >= 11 is 0. The van der Waals surface area contributed by atoms with Gasteiger partial charge in [-0.2, -0.15) is 0 Å². The number of piperidine rings is 1. The van der Waals surface area contributed by atoms with E-state index in [-0.39, 0.29) is 35.8 Å². The number of hydrogen-bond acceptors (Lipinski definition) is 5. The van der Waals surface area contributed by atoms with Crippen molar-refractivity contribution < 1.29 is 19.1 Å². The predicted octanol–water partition coefficient (Wildman–Crippen LogP) is 4.55. The zero-order valence-electron chi connectivity index (χ0n) is 23.9. The first-order valence-electron chi connectivity index (χ1n) is 13.5. The highest BCUT2D eigenvalue weighted by molar-refractivity contribution is 5.91. The molecule has 7 heteroatoms. The molecule has 0 radical (unpaired) electrons. The van der Waals surface area contributed by atoms with Crippen LogP contribution in [0.25, 0.3) is 0 Å². The van der Waals surface area contributed by atoms with Gasteiger partial charge in [-0.05, 0) is 57.4 Å². The number of hydrogen-bond donors (Lipinski definition) is 1. The summed E-state index contributed by atoms with van der Waals surface area (Å²) in [4.78, 5) is 43.6. The quantitative estimate of drug-likeness (QED) is 0.337. The molecule has 0 aromatic rings. The second kappa shape index (κ2) is 14.0. The first-order chi connectivity index (χ1) is 16.3. The highest BCUT2D eigenvalue weighted by Crippen LogP contribution is 2.27. The highest BCUT2D eigenvalue weighted by Gasteiger charge is 2.40. The Labute approximate surface area is 214 Å². The number of rotatable bonds is 11. The lowest BCUT2D eigenvalue weighted by molar-refractivity contribution is -0.142. The molecule has 1 unspecified atom stereocenters. The molecule has 1 aliphatic heterocycles. The standard InChI is InChI=1S/C28H51N3O4/c1-11-21(12-2)31-17-15-14-16-22(31)25(32)29-24(28(7,8)9)26(33)30(10)23(19(4)5)18-20(6)27(34)35-13-3/h18-19,21-24H,11-17H2,1-10H3,(H,29,32)/t22?,23-,24-/m1/s1. The lowest BCUT2D eigenvalue weighted by Gasteiger charge is -2.42. The Balaban J connectivity index is 3.19. The molecule has 0 aliphatic carbocycles. The fourth-order valence-corrected chi connectivity index (χ4v) is 4.99. The zero-order valence-corrected chi connectivity index (χ0v) is 23.9. The third-order valence-corrected chi connectivity index (χ3v) is 7.15. The van der Waals surface area contributed by atoms with Gasteiger partial charge in [-0.1, -0.05) is 61.0 Å². The highest BCUT2D eigenvalue weighted by atomic mass is 16.5. The Morgan fingerprint density at radius 1 is 1.11 bits per heavy atom. The average Bonchev–Trinajstić information content (AvgIpc) is 2.80. The van der Waals surface area contributed by atoms with Crippen LogP contribution in [0.5, 0.6) is 0 Å². The van der Waals surface area contributed by atoms with Gasteiger partial charge in [0.15, 0.2) is 0 Å². The summed E-state index contributed by atoms with van der Waals surface area (Å²) in [7, 11) is 1.75. The lowest BCUT2D eigenvalue weighted by atomic mass is 9.84. The van der Waals surface area contributed by atoms with Crippen molar-refractivity contribution in [1.29, 1.82) is 0 Å². The molecular formula is C28H51N3O4. The number of likely N-dealkylation sites (N-methyl/N-ethyl adjacent to an activating group) is 1. The maximum atomic E-state index is 13.8. The third-order valence-electron chi connectivity index (χ3n) is 7.15. The Morgan fingerprint density at radius 3 is 2.20 bits per heavy atom. The van der Waals surface area contributed by atoms with Gasteiger partial charge in [0.25, 0.3) is 0 Å². The smallest absolute Gasteiger partial charge is 0.333 e. The van der Waals surface area contributed by atoms with Gasteiger partial charge in [0.2, 0.25) is 11.8 Å².